The highest BCUT2D eigenvalue weighted by atomic mass is 16.3. The molecular formula is C27H38N6O3. The van der Waals surface area contributed by atoms with Crippen molar-refractivity contribution in [2.24, 2.45) is 0 Å². The summed E-state index contributed by atoms with van der Waals surface area (Å²) in [5.74, 6) is 1.61. The number of anilines is 2. The standard InChI is InChI=1S/C27H38N6O3/c1-2-32-8-10-33(11-9-32)26-15-19(14-25(31-26)30-21-4-3-5-21)27(36)29-17-24(35)23-13-18-6-7-22(34)12-20(18)16-28-23/h6-7,12,14-15,21,23-24,28,34-35H,2-5,8-11,13,16-17H2,1H3,(H,29,36)(H,30,31)/t23-,24?/m0/s1. The number of hydrogen-bond acceptors (Lipinski definition) is 8. The minimum absolute atomic E-state index is 0.155. The van der Waals surface area contributed by atoms with Crippen molar-refractivity contribution in [1.82, 2.24) is 20.5 Å². The van der Waals surface area contributed by atoms with Gasteiger partial charge >= 0.3 is 0 Å². The number of piperazine rings is 1. The van der Waals surface area contributed by atoms with Crippen molar-refractivity contribution in [3.8, 4) is 5.75 Å². The number of nitrogens with zero attached hydrogens (tertiary/aromatic N) is 3. The molecule has 2 fully saturated rings. The van der Waals surface area contributed by atoms with E-state index in [0.29, 0.717) is 24.6 Å². The Morgan fingerprint density at radius 2 is 1.97 bits per heavy atom. The second-order valence-corrected chi connectivity index (χ2v) is 10.2. The summed E-state index contributed by atoms with van der Waals surface area (Å²) in [5.41, 5.74) is 2.71. The van der Waals surface area contributed by atoms with Crippen molar-refractivity contribution in [3.63, 3.8) is 0 Å². The third-order valence-corrected chi connectivity index (χ3v) is 7.80. The van der Waals surface area contributed by atoms with E-state index >= 15 is 0 Å². The maximum absolute atomic E-state index is 13.2. The summed E-state index contributed by atoms with van der Waals surface area (Å²) in [5, 5.41) is 30.3. The number of carbonyl (C=O) groups is 1. The first-order valence-electron chi connectivity index (χ1n) is 13.2. The number of aromatic hydroxyl groups is 1. The van der Waals surface area contributed by atoms with Gasteiger partial charge in [-0.05, 0) is 67.6 Å². The van der Waals surface area contributed by atoms with E-state index < -0.39 is 6.10 Å². The first-order valence-corrected chi connectivity index (χ1v) is 13.2. The molecule has 1 aromatic heterocycles. The number of nitrogens with one attached hydrogen (secondary N) is 3. The molecule has 3 aliphatic rings. The Morgan fingerprint density at radius 3 is 2.69 bits per heavy atom. The smallest absolute Gasteiger partial charge is 0.251 e. The molecule has 0 bridgehead atoms. The minimum Gasteiger partial charge on any atom is -0.508 e. The van der Waals surface area contributed by atoms with Crippen LogP contribution in [0.3, 0.4) is 0 Å². The van der Waals surface area contributed by atoms with Crippen molar-refractivity contribution in [2.45, 2.75) is 57.3 Å². The lowest BCUT2D eigenvalue weighted by Crippen LogP contribution is -2.49. The molecule has 1 saturated carbocycles. The van der Waals surface area contributed by atoms with Crippen LogP contribution >= 0.6 is 0 Å². The fourth-order valence-corrected chi connectivity index (χ4v) is 5.18. The number of rotatable bonds is 8. The van der Waals surface area contributed by atoms with Gasteiger partial charge in [-0.1, -0.05) is 13.0 Å². The molecular weight excluding hydrogens is 456 g/mol. The van der Waals surface area contributed by atoms with Crippen LogP contribution in [0, 0.1) is 0 Å². The van der Waals surface area contributed by atoms with Crippen LogP contribution in [0.15, 0.2) is 30.3 Å². The molecule has 194 valence electrons. The molecule has 5 rings (SSSR count). The summed E-state index contributed by atoms with van der Waals surface area (Å²) in [6.07, 6.45) is 3.40. The van der Waals surface area contributed by atoms with E-state index in [9.17, 15) is 15.0 Å². The van der Waals surface area contributed by atoms with Crippen molar-refractivity contribution in [1.29, 1.82) is 0 Å². The summed E-state index contributed by atoms with van der Waals surface area (Å²) in [4.78, 5) is 22.7. The van der Waals surface area contributed by atoms with E-state index in [1.165, 1.54) is 6.42 Å². The lowest BCUT2D eigenvalue weighted by Gasteiger charge is -2.35. The molecule has 5 N–H and O–H groups in total. The number of carbonyl (C=O) groups excluding carboxylic acids is 1. The topological polar surface area (TPSA) is 113 Å². The third kappa shape index (κ3) is 5.74. The molecule has 0 spiro atoms. The third-order valence-electron chi connectivity index (χ3n) is 7.80. The van der Waals surface area contributed by atoms with Gasteiger partial charge in [0.25, 0.3) is 5.91 Å². The lowest BCUT2D eigenvalue weighted by molar-refractivity contribution is 0.0870. The molecule has 1 aromatic carbocycles. The average molecular weight is 495 g/mol. The summed E-state index contributed by atoms with van der Waals surface area (Å²) in [6.45, 7) is 7.72. The minimum atomic E-state index is -0.730. The molecule has 1 saturated heterocycles. The number of likely N-dealkylation sites (N-methyl/N-ethyl adjacent to an activating group) is 1. The summed E-state index contributed by atoms with van der Waals surface area (Å²) in [6, 6.07) is 9.29. The van der Waals surface area contributed by atoms with Crippen molar-refractivity contribution >= 4 is 17.5 Å². The van der Waals surface area contributed by atoms with E-state index in [2.05, 4.69) is 32.7 Å². The van der Waals surface area contributed by atoms with Crippen LogP contribution in [-0.4, -0.2) is 83.5 Å². The van der Waals surface area contributed by atoms with Gasteiger partial charge in [0.05, 0.1) is 6.10 Å². The number of fused-ring (bicyclic) bond motifs is 1. The van der Waals surface area contributed by atoms with E-state index in [-0.39, 0.29) is 24.2 Å². The van der Waals surface area contributed by atoms with Crippen molar-refractivity contribution in [3.05, 3.63) is 47.0 Å². The van der Waals surface area contributed by atoms with Crippen LogP contribution in [0.1, 0.15) is 47.7 Å². The Balaban J connectivity index is 1.24. The second kappa shape index (κ2) is 11.0. The average Bonchev–Trinajstić information content (AvgIpc) is 2.88. The number of aromatic nitrogens is 1. The van der Waals surface area contributed by atoms with E-state index in [4.69, 9.17) is 4.98 Å². The van der Waals surface area contributed by atoms with Crippen molar-refractivity contribution in [2.75, 3.05) is 49.5 Å². The molecule has 1 amide bonds. The molecule has 3 heterocycles. The predicted octanol–water partition coefficient (Wildman–Crippen LogP) is 1.70. The molecule has 2 aromatic rings. The fraction of sp³-hybridized carbons (Fsp3) is 0.556. The summed E-state index contributed by atoms with van der Waals surface area (Å²) < 4.78 is 0. The Morgan fingerprint density at radius 1 is 1.17 bits per heavy atom. The van der Waals surface area contributed by atoms with Crippen LogP contribution in [0.5, 0.6) is 5.75 Å². The first kappa shape index (κ1) is 24.8. The Hall–Kier alpha value is -2.88. The Kier molecular flexibility index (Phi) is 7.59. The number of hydrogen-bond donors (Lipinski definition) is 5. The number of aliphatic hydroxyl groups excluding tert-OH is 1. The van der Waals surface area contributed by atoms with Gasteiger partial charge in [-0.3, -0.25) is 4.79 Å². The van der Waals surface area contributed by atoms with Crippen LogP contribution in [0.2, 0.25) is 0 Å². The molecule has 1 unspecified atom stereocenters. The zero-order chi connectivity index (χ0) is 25.1. The van der Waals surface area contributed by atoms with Crippen molar-refractivity contribution < 1.29 is 15.0 Å². The number of phenols is 1. The summed E-state index contributed by atoms with van der Waals surface area (Å²) >= 11 is 0. The number of pyridine rings is 1. The van der Waals surface area contributed by atoms with Crippen LogP contribution < -0.4 is 20.9 Å². The van der Waals surface area contributed by atoms with Crippen LogP contribution in [-0.2, 0) is 13.0 Å². The molecule has 2 aliphatic heterocycles. The van der Waals surface area contributed by atoms with Crippen LogP contribution in [0.25, 0.3) is 0 Å². The zero-order valence-corrected chi connectivity index (χ0v) is 21.0. The lowest BCUT2D eigenvalue weighted by atomic mass is 9.92. The van der Waals surface area contributed by atoms with E-state index in [0.717, 1.165) is 68.3 Å². The highest BCUT2D eigenvalue weighted by Gasteiger charge is 2.26. The predicted molar refractivity (Wildman–Crippen MR) is 141 cm³/mol. The van der Waals surface area contributed by atoms with E-state index in [1.54, 1.807) is 12.1 Å². The number of aliphatic hydroxyl groups is 1. The Bertz CT molecular complexity index is 1070. The van der Waals surface area contributed by atoms with Gasteiger partial charge < -0.3 is 36.0 Å². The maximum Gasteiger partial charge on any atom is 0.251 e. The molecule has 9 heteroatoms. The van der Waals surface area contributed by atoms with Gasteiger partial charge in [0, 0.05) is 56.9 Å². The highest BCUT2D eigenvalue weighted by molar-refractivity contribution is 5.95. The maximum atomic E-state index is 13.2. The first-order chi connectivity index (χ1) is 17.5. The second-order valence-electron chi connectivity index (χ2n) is 10.2. The van der Waals surface area contributed by atoms with Gasteiger partial charge in [-0.2, -0.15) is 0 Å². The van der Waals surface area contributed by atoms with Gasteiger partial charge in [0.2, 0.25) is 0 Å². The zero-order valence-electron chi connectivity index (χ0n) is 21.0. The largest absolute Gasteiger partial charge is 0.508 e. The van der Waals surface area contributed by atoms with E-state index in [1.807, 2.05) is 18.2 Å². The van der Waals surface area contributed by atoms with Gasteiger partial charge in [0.15, 0.2) is 0 Å². The summed E-state index contributed by atoms with van der Waals surface area (Å²) in [7, 11) is 0. The number of amides is 1. The number of benzene rings is 1. The fourth-order valence-electron chi connectivity index (χ4n) is 5.18. The highest BCUT2D eigenvalue weighted by Crippen LogP contribution is 2.26. The van der Waals surface area contributed by atoms with Gasteiger partial charge in [0.1, 0.15) is 17.4 Å². The quantitative estimate of drug-likeness (QED) is 0.377. The Labute approximate surface area is 212 Å². The molecule has 0 radical (unpaired) electrons. The molecule has 2 atom stereocenters. The monoisotopic (exact) mass is 494 g/mol. The van der Waals surface area contributed by atoms with Gasteiger partial charge in [-0.15, -0.1) is 0 Å². The molecule has 9 nitrogen and oxygen atoms in total. The van der Waals surface area contributed by atoms with Crippen LogP contribution in [0.4, 0.5) is 11.6 Å². The SMILES string of the molecule is CCN1CCN(c2cc(C(=O)NCC(O)[C@@H]3Cc4ccc(O)cc4CN3)cc(NC3CCC3)n2)CC1. The molecule has 36 heavy (non-hydrogen) atoms. The number of phenolic OH excluding ortho intramolecular Hbond substituents is 1. The van der Waals surface area contributed by atoms with Gasteiger partial charge in [-0.25, -0.2) is 4.98 Å². The normalized spacial score (nSPS) is 21.4. The molecule has 1 aliphatic carbocycles.